The summed E-state index contributed by atoms with van der Waals surface area (Å²) in [7, 11) is 0. The van der Waals surface area contributed by atoms with Crippen molar-refractivity contribution in [3.05, 3.63) is 41.5 Å². The van der Waals surface area contributed by atoms with Gasteiger partial charge in [0, 0.05) is 11.1 Å². The maximum atomic E-state index is 8.73. The van der Waals surface area contributed by atoms with Gasteiger partial charge in [-0.3, -0.25) is 0 Å². The average Bonchev–Trinajstić information content (AvgIpc) is 2.83. The van der Waals surface area contributed by atoms with Crippen LogP contribution in [0, 0.1) is 40.4 Å². The molecule has 1 heteroatoms. The summed E-state index contributed by atoms with van der Waals surface area (Å²) in [6, 6.07) is 9.11. The van der Waals surface area contributed by atoms with Crippen LogP contribution in [0.2, 0.25) is 0 Å². The molecule has 0 aromatic heterocycles. The second-order valence-electron chi connectivity index (χ2n) is 9.56. The van der Waals surface area contributed by atoms with Crippen LogP contribution >= 0.6 is 0 Å². The molecule has 4 rings (SSSR count). The second kappa shape index (κ2) is 6.11. The molecule has 1 fully saturated rings. The van der Waals surface area contributed by atoms with Crippen molar-refractivity contribution < 1.29 is 0 Å². The van der Waals surface area contributed by atoms with E-state index in [1.54, 1.807) is 11.1 Å². The first-order valence-corrected chi connectivity index (χ1v) is 10.3. The third-order valence-corrected chi connectivity index (χ3v) is 7.51. The first-order valence-electron chi connectivity index (χ1n) is 10.3. The third-order valence-electron chi connectivity index (χ3n) is 7.51. The molecular formula is C24H33N. The lowest BCUT2D eigenvalue weighted by atomic mass is 9.56. The summed E-state index contributed by atoms with van der Waals surface area (Å²) in [4.78, 5) is 0. The van der Waals surface area contributed by atoms with Gasteiger partial charge in [-0.25, -0.2) is 0 Å². The van der Waals surface area contributed by atoms with Gasteiger partial charge in [0.1, 0.15) is 0 Å². The van der Waals surface area contributed by atoms with E-state index < -0.39 is 0 Å². The van der Waals surface area contributed by atoms with E-state index in [2.05, 4.69) is 58.0 Å². The van der Waals surface area contributed by atoms with Gasteiger partial charge in [0.15, 0.2) is 0 Å². The Kier molecular flexibility index (Phi) is 4.17. The first-order chi connectivity index (χ1) is 11.9. The van der Waals surface area contributed by atoms with Crippen LogP contribution in [0.4, 0.5) is 0 Å². The molecule has 1 N–H and O–H groups in total. The van der Waals surface area contributed by atoms with Crippen LogP contribution in [0.5, 0.6) is 0 Å². The van der Waals surface area contributed by atoms with Crippen LogP contribution in [-0.4, -0.2) is 5.71 Å². The molecule has 0 aliphatic heterocycles. The van der Waals surface area contributed by atoms with Gasteiger partial charge in [0.05, 0.1) is 0 Å². The molecule has 1 nitrogen and oxygen atoms in total. The van der Waals surface area contributed by atoms with E-state index >= 15 is 0 Å². The minimum Gasteiger partial charge on any atom is -0.309 e. The monoisotopic (exact) mass is 335 g/mol. The molecule has 3 aliphatic carbocycles. The van der Waals surface area contributed by atoms with Gasteiger partial charge >= 0.3 is 0 Å². The highest BCUT2D eigenvalue weighted by molar-refractivity contribution is 5.93. The number of nitrogens with one attached hydrogen (secondary N) is 1. The van der Waals surface area contributed by atoms with Crippen molar-refractivity contribution >= 4 is 11.3 Å². The molecule has 1 aromatic carbocycles. The first kappa shape index (κ1) is 17.1. The maximum absolute atomic E-state index is 8.73. The fraction of sp³-hybridized carbons (Fsp3) is 0.625. The predicted octanol–water partition coefficient (Wildman–Crippen LogP) is 6.38. The molecule has 0 bridgehead atoms. The maximum Gasteiger partial charge on any atom is 0.0182 e. The minimum absolute atomic E-state index is 0.107. The Bertz CT molecular complexity index is 713. The van der Waals surface area contributed by atoms with Crippen molar-refractivity contribution in [2.45, 2.75) is 59.8 Å². The molecule has 0 radical (unpaired) electrons. The molecule has 134 valence electrons. The SMILES string of the molecule is CC(C)CCC1Cc2ccccc2C2=CCC3(C)C(=N)C(C)CC3C21. The van der Waals surface area contributed by atoms with Gasteiger partial charge in [-0.15, -0.1) is 0 Å². The molecule has 5 unspecified atom stereocenters. The van der Waals surface area contributed by atoms with E-state index in [4.69, 9.17) is 5.41 Å². The quantitative estimate of drug-likeness (QED) is 0.662. The van der Waals surface area contributed by atoms with Crippen molar-refractivity contribution in [3.8, 4) is 0 Å². The van der Waals surface area contributed by atoms with Gasteiger partial charge < -0.3 is 5.41 Å². The van der Waals surface area contributed by atoms with Crippen molar-refractivity contribution in [1.82, 2.24) is 0 Å². The zero-order chi connectivity index (χ0) is 17.8. The van der Waals surface area contributed by atoms with Crippen LogP contribution in [0.25, 0.3) is 5.57 Å². The van der Waals surface area contributed by atoms with Crippen molar-refractivity contribution in [2.75, 3.05) is 0 Å². The van der Waals surface area contributed by atoms with Crippen LogP contribution in [0.1, 0.15) is 64.5 Å². The Labute approximate surface area is 153 Å². The number of hydrogen-bond donors (Lipinski definition) is 1. The Hall–Kier alpha value is -1.37. The number of rotatable bonds is 3. The molecule has 1 aromatic rings. The molecule has 25 heavy (non-hydrogen) atoms. The lowest BCUT2D eigenvalue weighted by Crippen LogP contribution is -2.42. The number of allylic oxidation sites excluding steroid dienone is 2. The van der Waals surface area contributed by atoms with Gasteiger partial charge in [0.25, 0.3) is 0 Å². The molecule has 0 amide bonds. The standard InChI is InChI=1S/C24H33N/c1-15(2)9-10-18-14-17-7-5-6-8-19(17)20-11-12-24(4)21(22(18)20)13-16(3)23(24)25/h5-8,11,15-16,18,21-22,25H,9-10,12-14H2,1-4H3. The van der Waals surface area contributed by atoms with Crippen LogP contribution in [-0.2, 0) is 6.42 Å². The highest BCUT2D eigenvalue weighted by atomic mass is 14.6. The fourth-order valence-corrected chi connectivity index (χ4v) is 6.09. The Balaban J connectivity index is 1.77. The van der Waals surface area contributed by atoms with Crippen molar-refractivity contribution in [1.29, 1.82) is 5.41 Å². The van der Waals surface area contributed by atoms with Crippen molar-refractivity contribution in [2.24, 2.45) is 35.0 Å². The second-order valence-corrected chi connectivity index (χ2v) is 9.56. The Morgan fingerprint density at radius 2 is 2.00 bits per heavy atom. The van der Waals surface area contributed by atoms with E-state index in [-0.39, 0.29) is 5.41 Å². The summed E-state index contributed by atoms with van der Waals surface area (Å²) in [6.07, 6.45) is 8.71. The molecule has 3 aliphatic rings. The summed E-state index contributed by atoms with van der Waals surface area (Å²) in [6.45, 7) is 9.37. The third kappa shape index (κ3) is 2.62. The summed E-state index contributed by atoms with van der Waals surface area (Å²) >= 11 is 0. The van der Waals surface area contributed by atoms with Gasteiger partial charge in [-0.2, -0.15) is 0 Å². The van der Waals surface area contributed by atoms with E-state index in [1.165, 1.54) is 31.2 Å². The lowest BCUT2D eigenvalue weighted by Gasteiger charge is -2.48. The van der Waals surface area contributed by atoms with Gasteiger partial charge in [-0.1, -0.05) is 64.5 Å². The normalized spacial score (nSPS) is 36.7. The highest BCUT2D eigenvalue weighted by Crippen LogP contribution is 2.60. The lowest BCUT2D eigenvalue weighted by molar-refractivity contribution is 0.160. The zero-order valence-corrected chi connectivity index (χ0v) is 16.3. The molecule has 1 saturated carbocycles. The van der Waals surface area contributed by atoms with E-state index in [0.717, 1.165) is 24.0 Å². The van der Waals surface area contributed by atoms with Crippen LogP contribution in [0.15, 0.2) is 30.3 Å². The fourth-order valence-electron chi connectivity index (χ4n) is 6.09. The largest absolute Gasteiger partial charge is 0.309 e. The summed E-state index contributed by atoms with van der Waals surface area (Å²) in [5, 5.41) is 8.73. The number of fused-ring (bicyclic) bond motifs is 5. The molecular weight excluding hydrogens is 302 g/mol. The van der Waals surface area contributed by atoms with Crippen LogP contribution < -0.4 is 0 Å². The Morgan fingerprint density at radius 1 is 1.24 bits per heavy atom. The predicted molar refractivity (Wildman–Crippen MR) is 107 cm³/mol. The van der Waals surface area contributed by atoms with E-state index in [0.29, 0.717) is 17.8 Å². The van der Waals surface area contributed by atoms with E-state index in [1.807, 2.05) is 0 Å². The summed E-state index contributed by atoms with van der Waals surface area (Å²) < 4.78 is 0. The Morgan fingerprint density at radius 3 is 2.76 bits per heavy atom. The smallest absolute Gasteiger partial charge is 0.0182 e. The summed E-state index contributed by atoms with van der Waals surface area (Å²) in [5.41, 5.74) is 5.83. The zero-order valence-electron chi connectivity index (χ0n) is 16.3. The number of benzene rings is 1. The molecule has 0 spiro atoms. The highest BCUT2D eigenvalue weighted by Gasteiger charge is 2.54. The van der Waals surface area contributed by atoms with Gasteiger partial charge in [0.2, 0.25) is 0 Å². The topological polar surface area (TPSA) is 23.9 Å². The molecule has 5 atom stereocenters. The number of hydrogen-bond acceptors (Lipinski definition) is 1. The van der Waals surface area contributed by atoms with Gasteiger partial charge in [-0.05, 0) is 72.0 Å². The minimum atomic E-state index is 0.107. The molecule has 0 saturated heterocycles. The van der Waals surface area contributed by atoms with E-state index in [9.17, 15) is 0 Å². The van der Waals surface area contributed by atoms with Crippen LogP contribution in [0.3, 0.4) is 0 Å². The van der Waals surface area contributed by atoms with Crippen molar-refractivity contribution in [3.63, 3.8) is 0 Å². The summed E-state index contributed by atoms with van der Waals surface area (Å²) in [5.74, 6) is 3.33. The average molecular weight is 336 g/mol. The molecule has 0 heterocycles.